The van der Waals surface area contributed by atoms with Crippen molar-refractivity contribution < 1.29 is 28.6 Å². The van der Waals surface area contributed by atoms with Crippen molar-refractivity contribution in [1.82, 2.24) is 0 Å². The van der Waals surface area contributed by atoms with Gasteiger partial charge in [0.25, 0.3) is 0 Å². The van der Waals surface area contributed by atoms with E-state index < -0.39 is 0 Å². The summed E-state index contributed by atoms with van der Waals surface area (Å²) >= 11 is 2.00. The molecule has 1 atom stereocenters. The van der Waals surface area contributed by atoms with E-state index in [0.717, 1.165) is 0 Å². The van der Waals surface area contributed by atoms with Gasteiger partial charge in [-0.2, -0.15) is 0 Å². The van der Waals surface area contributed by atoms with Crippen LogP contribution in [0.1, 0.15) is 51.5 Å². The Balaban J connectivity index is 0.00000312. The minimum Gasteiger partial charge on any atom is -1.00 e. The average molecular weight is 472 g/mol. The number of halogens is 1. The predicted octanol–water partition coefficient (Wildman–Crippen LogP) is 2.29. The third-order valence-corrected chi connectivity index (χ3v) is 5.93. The molecule has 0 amide bonds. The Hall–Kier alpha value is -0.490. The SMILES string of the molecule is CCCCCCC[N+]1=C(/C=C/c2ccc(N(C)C)cc2)SCC1C.[I-]. The molecule has 2 rings (SSSR count). The monoisotopic (exact) mass is 472 g/mol. The van der Waals surface area contributed by atoms with Gasteiger partial charge in [-0.1, -0.05) is 50.1 Å². The molecule has 0 N–H and O–H groups in total. The number of thioether (sulfide) groups is 1. The van der Waals surface area contributed by atoms with E-state index in [1.54, 1.807) is 0 Å². The smallest absolute Gasteiger partial charge is 0.235 e. The number of hydrogen-bond acceptors (Lipinski definition) is 2. The van der Waals surface area contributed by atoms with Crippen molar-refractivity contribution in [3.8, 4) is 0 Å². The maximum absolute atomic E-state index is 2.60. The first-order valence-electron chi connectivity index (χ1n) is 9.33. The van der Waals surface area contributed by atoms with Crippen LogP contribution in [0.5, 0.6) is 0 Å². The summed E-state index contributed by atoms with van der Waals surface area (Å²) in [5, 5.41) is 1.44. The van der Waals surface area contributed by atoms with Crippen molar-refractivity contribution in [3.63, 3.8) is 0 Å². The molecule has 0 saturated heterocycles. The number of rotatable bonds is 9. The molecule has 0 bridgehead atoms. The summed E-state index contributed by atoms with van der Waals surface area (Å²) in [5.41, 5.74) is 2.52. The number of hydrogen-bond donors (Lipinski definition) is 0. The van der Waals surface area contributed by atoms with Gasteiger partial charge in [-0.25, -0.2) is 4.58 Å². The summed E-state index contributed by atoms with van der Waals surface area (Å²) in [7, 11) is 4.16. The summed E-state index contributed by atoms with van der Waals surface area (Å²) in [6.45, 7) is 5.84. The third kappa shape index (κ3) is 7.33. The van der Waals surface area contributed by atoms with E-state index in [9.17, 15) is 0 Å². The van der Waals surface area contributed by atoms with Gasteiger partial charge in [0.05, 0.1) is 5.75 Å². The highest BCUT2D eigenvalue weighted by atomic mass is 127. The molecule has 0 aliphatic carbocycles. The third-order valence-electron chi connectivity index (χ3n) is 4.62. The van der Waals surface area contributed by atoms with Crippen LogP contribution in [0.3, 0.4) is 0 Å². The van der Waals surface area contributed by atoms with Crippen LogP contribution in [-0.2, 0) is 0 Å². The van der Waals surface area contributed by atoms with Crippen molar-refractivity contribution >= 4 is 28.6 Å². The van der Waals surface area contributed by atoms with E-state index in [2.05, 4.69) is 73.8 Å². The molecule has 0 radical (unpaired) electrons. The molecular weight excluding hydrogens is 439 g/mol. The fourth-order valence-corrected chi connectivity index (χ4v) is 4.20. The Morgan fingerprint density at radius 2 is 1.76 bits per heavy atom. The lowest BCUT2D eigenvalue weighted by Gasteiger charge is -2.11. The van der Waals surface area contributed by atoms with Crippen molar-refractivity contribution in [1.29, 1.82) is 0 Å². The summed E-state index contributed by atoms with van der Waals surface area (Å²) in [5.74, 6) is 1.22. The minimum atomic E-state index is 0. The molecule has 0 fully saturated rings. The second-order valence-electron chi connectivity index (χ2n) is 6.93. The predicted molar refractivity (Wildman–Crippen MR) is 111 cm³/mol. The fraction of sp³-hybridized carbons (Fsp3) is 0.571. The molecule has 2 nitrogen and oxygen atoms in total. The molecule has 0 aromatic heterocycles. The maximum atomic E-state index is 2.60. The second kappa shape index (κ2) is 12.0. The van der Waals surface area contributed by atoms with Crippen LogP contribution in [0.25, 0.3) is 6.08 Å². The number of nitrogens with zero attached hydrogens (tertiary/aromatic N) is 2. The van der Waals surface area contributed by atoms with Gasteiger partial charge in [-0.05, 0) is 37.1 Å². The molecule has 1 aliphatic heterocycles. The minimum absolute atomic E-state index is 0. The van der Waals surface area contributed by atoms with Crippen LogP contribution < -0.4 is 28.9 Å². The Morgan fingerprint density at radius 1 is 1.08 bits per heavy atom. The quantitative estimate of drug-likeness (QED) is 0.309. The van der Waals surface area contributed by atoms with Crippen LogP contribution in [0, 0.1) is 0 Å². The summed E-state index contributed by atoms with van der Waals surface area (Å²) in [6, 6.07) is 9.42. The lowest BCUT2D eigenvalue weighted by Crippen LogP contribution is -3.00. The first-order valence-corrected chi connectivity index (χ1v) is 10.3. The largest absolute Gasteiger partial charge is 1.00 e. The average Bonchev–Trinajstić information content (AvgIpc) is 2.93. The van der Waals surface area contributed by atoms with Gasteiger partial charge in [0.15, 0.2) is 6.04 Å². The molecule has 1 heterocycles. The van der Waals surface area contributed by atoms with E-state index in [4.69, 9.17) is 0 Å². The zero-order valence-corrected chi connectivity index (χ0v) is 19.1. The standard InChI is InChI=1S/C21H33N2S.HI/c1-5-6-7-8-9-16-23-18(2)17-24-21(23)15-12-19-10-13-20(14-11-19)22(3)4;/h10-15,18H,5-9,16-17H2,1-4H3;1H/q+1;/p-1. The van der Waals surface area contributed by atoms with Crippen LogP contribution in [0.4, 0.5) is 5.69 Å². The molecule has 140 valence electrons. The summed E-state index contributed by atoms with van der Waals surface area (Å²) < 4.78 is 2.60. The Kier molecular flexibility index (Phi) is 10.8. The van der Waals surface area contributed by atoms with Crippen molar-refractivity contribution in [2.24, 2.45) is 0 Å². The van der Waals surface area contributed by atoms with Crippen LogP contribution >= 0.6 is 11.8 Å². The first-order chi connectivity index (χ1) is 11.6. The lowest BCUT2D eigenvalue weighted by atomic mass is 10.1. The van der Waals surface area contributed by atoms with Gasteiger partial charge in [0.1, 0.15) is 6.54 Å². The summed E-state index contributed by atoms with van der Waals surface area (Å²) in [4.78, 5) is 2.14. The Bertz CT molecular complexity index is 564. The van der Waals surface area contributed by atoms with E-state index in [0.29, 0.717) is 6.04 Å². The highest BCUT2D eigenvalue weighted by Crippen LogP contribution is 2.21. The molecule has 1 aliphatic rings. The molecule has 4 heteroatoms. The zero-order chi connectivity index (χ0) is 17.4. The van der Waals surface area contributed by atoms with E-state index >= 15 is 0 Å². The lowest BCUT2D eigenvalue weighted by molar-refractivity contribution is -0.551. The topological polar surface area (TPSA) is 6.25 Å². The van der Waals surface area contributed by atoms with E-state index in [-0.39, 0.29) is 24.0 Å². The van der Waals surface area contributed by atoms with Gasteiger partial charge in [0, 0.05) is 32.3 Å². The maximum Gasteiger partial charge on any atom is 0.235 e. The second-order valence-corrected chi connectivity index (χ2v) is 7.97. The molecule has 1 aromatic carbocycles. The van der Waals surface area contributed by atoms with Crippen molar-refractivity contribution in [2.45, 2.75) is 52.0 Å². The Morgan fingerprint density at radius 3 is 2.40 bits per heavy atom. The van der Waals surface area contributed by atoms with Gasteiger partial charge >= 0.3 is 0 Å². The molecule has 0 spiro atoms. The highest BCUT2D eigenvalue weighted by Gasteiger charge is 2.27. The fourth-order valence-electron chi connectivity index (χ4n) is 3.01. The number of anilines is 1. The zero-order valence-electron chi connectivity index (χ0n) is 16.2. The summed E-state index contributed by atoms with van der Waals surface area (Å²) in [6.07, 6.45) is 11.3. The highest BCUT2D eigenvalue weighted by molar-refractivity contribution is 8.14. The van der Waals surface area contributed by atoms with Crippen LogP contribution in [0.15, 0.2) is 30.3 Å². The number of benzene rings is 1. The first kappa shape index (κ1) is 22.6. The van der Waals surface area contributed by atoms with Crippen LogP contribution in [-0.4, -0.2) is 42.1 Å². The number of unbranched alkanes of at least 4 members (excludes halogenated alkanes) is 4. The molecule has 0 saturated carbocycles. The van der Waals surface area contributed by atoms with Crippen LogP contribution in [0.2, 0.25) is 0 Å². The normalized spacial score (nSPS) is 17.2. The molecule has 25 heavy (non-hydrogen) atoms. The van der Waals surface area contributed by atoms with Gasteiger partial charge in [0.2, 0.25) is 5.04 Å². The molecule has 1 unspecified atom stereocenters. The van der Waals surface area contributed by atoms with Crippen molar-refractivity contribution in [3.05, 3.63) is 35.9 Å². The van der Waals surface area contributed by atoms with Gasteiger partial charge < -0.3 is 28.9 Å². The van der Waals surface area contributed by atoms with Gasteiger partial charge in [-0.3, -0.25) is 0 Å². The van der Waals surface area contributed by atoms with E-state index in [1.165, 1.54) is 60.7 Å². The Labute approximate surface area is 175 Å². The molecule has 1 aromatic rings. The molecular formula is C21H33IN2S. The van der Waals surface area contributed by atoms with E-state index in [1.807, 2.05) is 11.8 Å². The van der Waals surface area contributed by atoms with Gasteiger partial charge in [-0.15, -0.1) is 0 Å². The van der Waals surface area contributed by atoms with Crippen molar-refractivity contribution in [2.75, 3.05) is 31.3 Å².